The first-order valence-corrected chi connectivity index (χ1v) is 15.2. The van der Waals surface area contributed by atoms with Crippen LogP contribution in [-0.4, -0.2) is 23.0 Å². The highest BCUT2D eigenvalue weighted by Crippen LogP contribution is 2.27. The Kier molecular flexibility index (Phi) is 9.71. The summed E-state index contributed by atoms with van der Waals surface area (Å²) < 4.78 is 0.905. The van der Waals surface area contributed by atoms with Gasteiger partial charge in [0.1, 0.15) is 5.70 Å². The van der Waals surface area contributed by atoms with Crippen LogP contribution in [0.25, 0.3) is 16.8 Å². The van der Waals surface area contributed by atoms with Crippen molar-refractivity contribution >= 4 is 73.6 Å². The Morgan fingerprint density at radius 2 is 1.37 bits per heavy atom. The number of hydrogen-bond acceptors (Lipinski definition) is 4. The van der Waals surface area contributed by atoms with Gasteiger partial charge >= 0.3 is 0 Å². The van der Waals surface area contributed by atoms with Crippen LogP contribution >= 0.6 is 27.7 Å². The minimum absolute atomic E-state index is 0.102. The average Bonchev–Trinajstić information content (AvgIpc) is 3.03. The molecule has 0 saturated heterocycles. The molecular weight excluding hydrogens is 622 g/mol. The van der Waals surface area contributed by atoms with Gasteiger partial charge in [0.25, 0.3) is 11.8 Å². The lowest BCUT2D eigenvalue weighted by molar-refractivity contribution is -0.115. The monoisotopic (exact) mass is 649 g/mol. The van der Waals surface area contributed by atoms with E-state index in [4.69, 9.17) is 0 Å². The third-order valence-electron chi connectivity index (χ3n) is 6.52. The molecule has 0 bridgehead atoms. The van der Waals surface area contributed by atoms with Crippen molar-refractivity contribution in [3.8, 4) is 0 Å². The Labute approximate surface area is 262 Å². The van der Waals surface area contributed by atoms with E-state index in [0.717, 1.165) is 31.4 Å². The Hall–Kier alpha value is -4.66. The van der Waals surface area contributed by atoms with Gasteiger partial charge in [-0.05, 0) is 90.0 Å². The number of hydrogen-bond donors (Lipinski definition) is 3. The molecule has 3 N–H and O–H groups in total. The van der Waals surface area contributed by atoms with Crippen molar-refractivity contribution in [2.24, 2.45) is 0 Å². The predicted octanol–water partition coefficient (Wildman–Crippen LogP) is 8.13. The molecule has 0 aliphatic heterocycles. The molecule has 0 saturated carbocycles. The molecule has 0 spiro atoms. The summed E-state index contributed by atoms with van der Waals surface area (Å²) in [4.78, 5) is 39.9. The van der Waals surface area contributed by atoms with Gasteiger partial charge < -0.3 is 16.0 Å². The molecule has 0 aromatic heterocycles. The molecule has 1 atom stereocenters. The van der Waals surface area contributed by atoms with E-state index in [1.807, 2.05) is 91.9 Å². The van der Waals surface area contributed by atoms with Crippen LogP contribution in [0.15, 0.2) is 136 Å². The molecule has 0 heterocycles. The van der Waals surface area contributed by atoms with Gasteiger partial charge in [-0.1, -0.05) is 76.6 Å². The lowest BCUT2D eigenvalue weighted by Gasteiger charge is -2.14. The van der Waals surface area contributed by atoms with Crippen molar-refractivity contribution in [1.29, 1.82) is 0 Å². The van der Waals surface area contributed by atoms with E-state index in [2.05, 4.69) is 31.9 Å². The highest BCUT2D eigenvalue weighted by Gasteiger charge is 2.17. The SMILES string of the molecule is CC(Sc1ccc(NC(=O)/C(=C/c2ccc(Br)cc2)NC(=O)c2ccccc2)cc1)C(=O)Nc1ccc2ccccc2c1. The lowest BCUT2D eigenvalue weighted by Crippen LogP contribution is -2.30. The van der Waals surface area contributed by atoms with Crippen molar-refractivity contribution < 1.29 is 14.4 Å². The maximum Gasteiger partial charge on any atom is 0.272 e. The molecule has 8 heteroatoms. The van der Waals surface area contributed by atoms with Gasteiger partial charge in [-0.3, -0.25) is 14.4 Å². The number of halogens is 1. The van der Waals surface area contributed by atoms with Crippen molar-refractivity contribution in [3.63, 3.8) is 0 Å². The molecule has 6 nitrogen and oxygen atoms in total. The number of anilines is 2. The zero-order chi connectivity index (χ0) is 30.2. The lowest BCUT2D eigenvalue weighted by atomic mass is 10.1. The van der Waals surface area contributed by atoms with E-state index in [1.165, 1.54) is 11.8 Å². The summed E-state index contributed by atoms with van der Waals surface area (Å²) >= 11 is 4.83. The summed E-state index contributed by atoms with van der Waals surface area (Å²) in [7, 11) is 0. The fraction of sp³-hybridized carbons (Fsp3) is 0.0571. The van der Waals surface area contributed by atoms with E-state index in [1.54, 1.807) is 42.5 Å². The zero-order valence-corrected chi connectivity index (χ0v) is 25.6. The minimum Gasteiger partial charge on any atom is -0.325 e. The van der Waals surface area contributed by atoms with Crippen LogP contribution in [0.4, 0.5) is 11.4 Å². The average molecular weight is 651 g/mol. The molecule has 5 rings (SSSR count). The summed E-state index contributed by atoms with van der Waals surface area (Å²) in [6.07, 6.45) is 1.63. The number of benzene rings is 5. The molecule has 43 heavy (non-hydrogen) atoms. The fourth-order valence-electron chi connectivity index (χ4n) is 4.25. The molecule has 5 aromatic rings. The van der Waals surface area contributed by atoms with Crippen molar-refractivity contribution in [2.75, 3.05) is 10.6 Å². The van der Waals surface area contributed by atoms with Crippen LogP contribution in [0.2, 0.25) is 0 Å². The molecule has 0 aliphatic rings. The third kappa shape index (κ3) is 8.22. The van der Waals surface area contributed by atoms with Gasteiger partial charge in [0.2, 0.25) is 5.91 Å². The summed E-state index contributed by atoms with van der Waals surface area (Å²) in [6.45, 7) is 1.85. The highest BCUT2D eigenvalue weighted by molar-refractivity contribution is 9.10. The second kappa shape index (κ2) is 14.0. The minimum atomic E-state index is -0.462. The summed E-state index contributed by atoms with van der Waals surface area (Å²) in [5.41, 5.74) is 2.61. The van der Waals surface area contributed by atoms with Crippen LogP contribution in [0.1, 0.15) is 22.8 Å². The van der Waals surface area contributed by atoms with Crippen molar-refractivity contribution in [2.45, 2.75) is 17.1 Å². The first-order chi connectivity index (χ1) is 20.8. The molecule has 5 aromatic carbocycles. The fourth-order valence-corrected chi connectivity index (χ4v) is 5.38. The van der Waals surface area contributed by atoms with Crippen LogP contribution < -0.4 is 16.0 Å². The standard InChI is InChI=1S/C35H28BrN3O3S/c1-23(33(40)38-30-16-13-25-7-5-6-10-27(25)22-30)43-31-19-17-29(18-20-31)37-35(42)32(21-24-11-14-28(36)15-12-24)39-34(41)26-8-3-2-4-9-26/h2-23H,1H3,(H,37,42)(H,38,40)(H,39,41)/b32-21-. The van der Waals surface area contributed by atoms with Gasteiger partial charge in [0, 0.05) is 26.3 Å². The highest BCUT2D eigenvalue weighted by atomic mass is 79.9. The maximum atomic E-state index is 13.3. The Morgan fingerprint density at radius 1 is 0.721 bits per heavy atom. The normalized spacial score (nSPS) is 11.9. The van der Waals surface area contributed by atoms with Gasteiger partial charge in [0.05, 0.1) is 5.25 Å². The second-order valence-corrected chi connectivity index (χ2v) is 12.0. The van der Waals surface area contributed by atoms with Gasteiger partial charge in [-0.25, -0.2) is 0 Å². The third-order valence-corrected chi connectivity index (χ3v) is 8.16. The van der Waals surface area contributed by atoms with E-state index < -0.39 is 5.91 Å². The molecule has 0 radical (unpaired) electrons. The summed E-state index contributed by atoms with van der Waals surface area (Å²) in [6, 6.07) is 37.2. The second-order valence-electron chi connectivity index (χ2n) is 9.72. The van der Waals surface area contributed by atoms with Crippen LogP contribution in [-0.2, 0) is 9.59 Å². The number of fused-ring (bicyclic) bond motifs is 1. The molecule has 1 unspecified atom stereocenters. The predicted molar refractivity (Wildman–Crippen MR) is 179 cm³/mol. The maximum absolute atomic E-state index is 13.3. The first kappa shape index (κ1) is 29.8. The molecule has 3 amide bonds. The Balaban J connectivity index is 1.23. The number of amides is 3. The van der Waals surface area contributed by atoms with Gasteiger partial charge in [-0.2, -0.15) is 0 Å². The van der Waals surface area contributed by atoms with Gasteiger partial charge in [0.15, 0.2) is 0 Å². The molecule has 0 fully saturated rings. The molecule has 0 aliphatic carbocycles. The van der Waals surface area contributed by atoms with Crippen molar-refractivity contribution in [1.82, 2.24) is 5.32 Å². The Morgan fingerprint density at radius 3 is 2.09 bits per heavy atom. The number of nitrogens with one attached hydrogen (secondary N) is 3. The quantitative estimate of drug-likeness (QED) is 0.111. The van der Waals surface area contributed by atoms with Crippen LogP contribution in [0.5, 0.6) is 0 Å². The van der Waals surface area contributed by atoms with E-state index >= 15 is 0 Å². The molecule has 214 valence electrons. The Bertz CT molecular complexity index is 1790. The van der Waals surface area contributed by atoms with E-state index in [9.17, 15) is 14.4 Å². The molecular formula is C35H28BrN3O3S. The summed E-state index contributed by atoms with van der Waals surface area (Å²) in [5, 5.41) is 10.4. The van der Waals surface area contributed by atoms with Crippen LogP contribution in [0.3, 0.4) is 0 Å². The zero-order valence-electron chi connectivity index (χ0n) is 23.2. The number of carbonyl (C=O) groups excluding carboxylic acids is 3. The van der Waals surface area contributed by atoms with E-state index in [-0.39, 0.29) is 22.8 Å². The number of carbonyl (C=O) groups is 3. The first-order valence-electron chi connectivity index (χ1n) is 13.6. The van der Waals surface area contributed by atoms with Gasteiger partial charge in [-0.15, -0.1) is 11.8 Å². The number of thioether (sulfide) groups is 1. The van der Waals surface area contributed by atoms with Crippen LogP contribution in [0, 0.1) is 0 Å². The van der Waals surface area contributed by atoms with E-state index in [0.29, 0.717) is 11.3 Å². The van der Waals surface area contributed by atoms with Crippen molar-refractivity contribution in [3.05, 3.63) is 143 Å². The number of rotatable bonds is 9. The largest absolute Gasteiger partial charge is 0.325 e. The smallest absolute Gasteiger partial charge is 0.272 e. The summed E-state index contributed by atoms with van der Waals surface area (Å²) in [5.74, 6) is -0.952. The topological polar surface area (TPSA) is 87.3 Å².